The first kappa shape index (κ1) is 12.0. The van der Waals surface area contributed by atoms with E-state index in [1.165, 1.54) is 5.56 Å². The van der Waals surface area contributed by atoms with Gasteiger partial charge >= 0.3 is 0 Å². The Morgan fingerprint density at radius 1 is 1.47 bits per heavy atom. The van der Waals surface area contributed by atoms with E-state index < -0.39 is 0 Å². The fraction of sp³-hybridized carbons (Fsp3) is 0.583. The van der Waals surface area contributed by atoms with Gasteiger partial charge in [-0.15, -0.1) is 0 Å². The first-order valence-corrected chi connectivity index (χ1v) is 5.36. The van der Waals surface area contributed by atoms with Gasteiger partial charge in [0.25, 0.3) is 0 Å². The Morgan fingerprint density at radius 3 is 2.80 bits per heavy atom. The largest absolute Gasteiger partial charge is 0.481 e. The average Bonchev–Trinajstić information content (AvgIpc) is 2.16. The molecule has 2 N–H and O–H groups in total. The summed E-state index contributed by atoms with van der Waals surface area (Å²) in [5.41, 5.74) is 7.23. The van der Waals surface area contributed by atoms with Gasteiger partial charge in [0.15, 0.2) is 0 Å². The van der Waals surface area contributed by atoms with Crippen molar-refractivity contribution in [1.29, 1.82) is 0 Å². The Kier molecular flexibility index (Phi) is 4.56. The quantitative estimate of drug-likeness (QED) is 0.805. The number of hydrogen-bond donors (Lipinski definition) is 1. The molecule has 1 aromatic rings. The molecule has 0 aliphatic rings. The highest BCUT2D eigenvalue weighted by molar-refractivity contribution is 5.21. The predicted molar refractivity (Wildman–Crippen MR) is 61.9 cm³/mol. The van der Waals surface area contributed by atoms with Crippen molar-refractivity contribution in [3.63, 3.8) is 0 Å². The van der Waals surface area contributed by atoms with Crippen LogP contribution < -0.4 is 10.5 Å². The Balaban J connectivity index is 2.55. The van der Waals surface area contributed by atoms with E-state index in [1.54, 1.807) is 13.3 Å². The summed E-state index contributed by atoms with van der Waals surface area (Å²) in [5.74, 6) is 1.30. The van der Waals surface area contributed by atoms with Gasteiger partial charge in [-0.3, -0.25) is 0 Å². The standard InChI is InChI=1S/C12H20N2O/c1-9(2)6-11(13)7-10-4-5-14-12(8-10)15-3/h4-5,8-9,11H,6-7,13H2,1-3H3. The summed E-state index contributed by atoms with van der Waals surface area (Å²) in [5, 5.41) is 0. The van der Waals surface area contributed by atoms with Crippen LogP contribution in [0.2, 0.25) is 0 Å². The van der Waals surface area contributed by atoms with Crippen molar-refractivity contribution in [1.82, 2.24) is 4.98 Å². The molecule has 1 aromatic heterocycles. The second-order valence-corrected chi connectivity index (χ2v) is 4.30. The summed E-state index contributed by atoms with van der Waals surface area (Å²) in [6.45, 7) is 4.37. The molecule has 1 unspecified atom stereocenters. The van der Waals surface area contributed by atoms with E-state index in [1.807, 2.05) is 12.1 Å². The van der Waals surface area contributed by atoms with Crippen LogP contribution in [0.3, 0.4) is 0 Å². The Bertz CT molecular complexity index is 299. The summed E-state index contributed by atoms with van der Waals surface area (Å²) in [6, 6.07) is 4.15. The van der Waals surface area contributed by atoms with Crippen LogP contribution in [0.5, 0.6) is 5.88 Å². The van der Waals surface area contributed by atoms with Crippen LogP contribution in [-0.4, -0.2) is 18.1 Å². The first-order valence-electron chi connectivity index (χ1n) is 5.36. The lowest BCUT2D eigenvalue weighted by Crippen LogP contribution is -2.24. The third kappa shape index (κ3) is 4.30. The van der Waals surface area contributed by atoms with Crippen LogP contribution >= 0.6 is 0 Å². The van der Waals surface area contributed by atoms with Gasteiger partial charge in [-0.1, -0.05) is 13.8 Å². The fourth-order valence-corrected chi connectivity index (χ4v) is 1.68. The van der Waals surface area contributed by atoms with Crippen molar-refractivity contribution in [2.45, 2.75) is 32.7 Å². The number of nitrogens with zero attached hydrogens (tertiary/aromatic N) is 1. The summed E-state index contributed by atoms with van der Waals surface area (Å²) in [6.07, 6.45) is 3.69. The second kappa shape index (κ2) is 5.71. The molecular formula is C12H20N2O. The zero-order valence-electron chi connectivity index (χ0n) is 9.73. The first-order chi connectivity index (χ1) is 7.11. The maximum absolute atomic E-state index is 6.04. The van der Waals surface area contributed by atoms with Gasteiger partial charge in [0.2, 0.25) is 5.88 Å². The molecule has 3 nitrogen and oxygen atoms in total. The number of pyridine rings is 1. The number of ether oxygens (including phenoxy) is 1. The van der Waals surface area contributed by atoms with Gasteiger partial charge in [-0.2, -0.15) is 0 Å². The van der Waals surface area contributed by atoms with Gasteiger partial charge in [-0.25, -0.2) is 4.98 Å². The highest BCUT2D eigenvalue weighted by Gasteiger charge is 2.07. The van der Waals surface area contributed by atoms with Crippen LogP contribution in [0.1, 0.15) is 25.8 Å². The third-order valence-corrected chi connectivity index (χ3v) is 2.28. The minimum Gasteiger partial charge on any atom is -0.481 e. The molecule has 84 valence electrons. The van der Waals surface area contributed by atoms with Crippen LogP contribution in [-0.2, 0) is 6.42 Å². The summed E-state index contributed by atoms with van der Waals surface area (Å²) >= 11 is 0. The normalized spacial score (nSPS) is 12.9. The highest BCUT2D eigenvalue weighted by atomic mass is 16.5. The molecule has 0 saturated heterocycles. The van der Waals surface area contributed by atoms with E-state index >= 15 is 0 Å². The lowest BCUT2D eigenvalue weighted by atomic mass is 9.99. The van der Waals surface area contributed by atoms with E-state index in [-0.39, 0.29) is 6.04 Å². The molecule has 0 bridgehead atoms. The molecule has 0 radical (unpaired) electrons. The van der Waals surface area contributed by atoms with Gasteiger partial charge in [0, 0.05) is 18.3 Å². The Morgan fingerprint density at radius 2 is 2.20 bits per heavy atom. The van der Waals surface area contributed by atoms with E-state index in [4.69, 9.17) is 10.5 Å². The molecule has 1 atom stereocenters. The third-order valence-electron chi connectivity index (χ3n) is 2.28. The molecule has 0 fully saturated rings. The molecule has 0 saturated carbocycles. The molecule has 15 heavy (non-hydrogen) atoms. The van der Waals surface area contributed by atoms with Crippen LogP contribution in [0.25, 0.3) is 0 Å². The Labute approximate surface area is 91.7 Å². The maximum atomic E-state index is 6.04. The summed E-state index contributed by atoms with van der Waals surface area (Å²) in [7, 11) is 1.63. The molecule has 0 spiro atoms. The van der Waals surface area contributed by atoms with Gasteiger partial charge in [-0.05, 0) is 30.4 Å². The minimum atomic E-state index is 0.220. The number of rotatable bonds is 5. The minimum absolute atomic E-state index is 0.220. The molecule has 0 aromatic carbocycles. The van der Waals surface area contributed by atoms with E-state index in [2.05, 4.69) is 18.8 Å². The molecule has 3 heteroatoms. The number of methoxy groups -OCH3 is 1. The average molecular weight is 208 g/mol. The topological polar surface area (TPSA) is 48.1 Å². The number of hydrogen-bond acceptors (Lipinski definition) is 3. The molecule has 1 rings (SSSR count). The van der Waals surface area contributed by atoms with Crippen molar-refractivity contribution in [3.05, 3.63) is 23.9 Å². The monoisotopic (exact) mass is 208 g/mol. The number of aromatic nitrogens is 1. The van der Waals surface area contributed by atoms with Crippen LogP contribution in [0, 0.1) is 5.92 Å². The molecular weight excluding hydrogens is 188 g/mol. The molecule has 1 heterocycles. The lowest BCUT2D eigenvalue weighted by Gasteiger charge is -2.14. The zero-order valence-corrected chi connectivity index (χ0v) is 9.73. The van der Waals surface area contributed by atoms with E-state index in [0.29, 0.717) is 11.8 Å². The van der Waals surface area contributed by atoms with Crippen molar-refractivity contribution < 1.29 is 4.74 Å². The summed E-state index contributed by atoms with van der Waals surface area (Å²) in [4.78, 5) is 4.06. The zero-order chi connectivity index (χ0) is 11.3. The Hall–Kier alpha value is -1.09. The molecule has 0 amide bonds. The van der Waals surface area contributed by atoms with Gasteiger partial charge in [0.05, 0.1) is 7.11 Å². The van der Waals surface area contributed by atoms with Gasteiger partial charge < -0.3 is 10.5 Å². The van der Waals surface area contributed by atoms with Crippen molar-refractivity contribution in [2.75, 3.05) is 7.11 Å². The lowest BCUT2D eigenvalue weighted by molar-refractivity contribution is 0.396. The van der Waals surface area contributed by atoms with Crippen LogP contribution in [0.4, 0.5) is 0 Å². The SMILES string of the molecule is COc1cc(CC(N)CC(C)C)ccn1. The van der Waals surface area contributed by atoms with Gasteiger partial charge in [0.1, 0.15) is 0 Å². The van der Waals surface area contributed by atoms with Crippen LogP contribution in [0.15, 0.2) is 18.3 Å². The van der Waals surface area contributed by atoms with Crippen molar-refractivity contribution >= 4 is 0 Å². The highest BCUT2D eigenvalue weighted by Crippen LogP contribution is 2.12. The van der Waals surface area contributed by atoms with E-state index in [9.17, 15) is 0 Å². The van der Waals surface area contributed by atoms with E-state index in [0.717, 1.165) is 12.8 Å². The summed E-state index contributed by atoms with van der Waals surface area (Å²) < 4.78 is 5.07. The predicted octanol–water partition coefficient (Wildman–Crippen LogP) is 2.01. The van der Waals surface area contributed by atoms with Crippen molar-refractivity contribution in [2.24, 2.45) is 11.7 Å². The van der Waals surface area contributed by atoms with Crippen molar-refractivity contribution in [3.8, 4) is 5.88 Å². The molecule has 0 aliphatic heterocycles. The maximum Gasteiger partial charge on any atom is 0.213 e. The second-order valence-electron chi connectivity index (χ2n) is 4.30. The number of nitrogens with two attached hydrogens (primary N) is 1. The fourth-order valence-electron chi connectivity index (χ4n) is 1.68. The molecule has 0 aliphatic carbocycles. The smallest absolute Gasteiger partial charge is 0.213 e.